The number of aryl methyl sites for hydroxylation is 1. The van der Waals surface area contributed by atoms with Gasteiger partial charge in [0.25, 0.3) is 0 Å². The number of piperidine rings is 1. The van der Waals surface area contributed by atoms with Crippen LogP contribution < -0.4 is 5.32 Å². The molecule has 2 N–H and O–H groups in total. The summed E-state index contributed by atoms with van der Waals surface area (Å²) >= 11 is 0. The Morgan fingerprint density at radius 1 is 1.35 bits per heavy atom. The lowest BCUT2D eigenvalue weighted by Crippen LogP contribution is -2.46. The van der Waals surface area contributed by atoms with E-state index < -0.39 is 0 Å². The number of amides is 2. The number of carbonyl (C=O) groups excluding carboxylic acids is 2. The van der Waals surface area contributed by atoms with E-state index in [1.54, 1.807) is 7.11 Å². The van der Waals surface area contributed by atoms with Gasteiger partial charge >= 0.3 is 0 Å². The number of hydrogen-bond donors (Lipinski definition) is 2. The number of aromatic amines is 1. The van der Waals surface area contributed by atoms with Gasteiger partial charge in [0.1, 0.15) is 0 Å². The van der Waals surface area contributed by atoms with E-state index in [1.165, 1.54) is 10.9 Å². The third-order valence-corrected chi connectivity index (χ3v) is 5.03. The highest BCUT2D eigenvalue weighted by atomic mass is 16.5. The first kappa shape index (κ1) is 18.5. The maximum Gasteiger partial charge on any atom is 0.224 e. The van der Waals surface area contributed by atoms with Crippen molar-refractivity contribution >= 4 is 22.7 Å². The molecule has 140 valence electrons. The number of methoxy groups -OCH3 is 1. The van der Waals surface area contributed by atoms with Crippen molar-refractivity contribution in [3.63, 3.8) is 0 Å². The molecule has 1 unspecified atom stereocenters. The van der Waals surface area contributed by atoms with E-state index in [1.807, 2.05) is 29.3 Å². The number of para-hydroxylation sites is 1. The number of rotatable bonds is 7. The van der Waals surface area contributed by atoms with Gasteiger partial charge in [0.05, 0.1) is 12.5 Å². The van der Waals surface area contributed by atoms with Crippen LogP contribution in [0.2, 0.25) is 0 Å². The molecular formula is C20H27N3O3. The number of fused-ring (bicyclic) bond motifs is 1. The molecule has 2 aromatic rings. The van der Waals surface area contributed by atoms with Crippen molar-refractivity contribution in [1.29, 1.82) is 0 Å². The summed E-state index contributed by atoms with van der Waals surface area (Å²) in [5, 5.41) is 4.06. The summed E-state index contributed by atoms with van der Waals surface area (Å²) in [5.74, 6) is 0.0403. The molecule has 0 saturated carbocycles. The monoisotopic (exact) mass is 357 g/mol. The second-order valence-electron chi connectivity index (χ2n) is 6.82. The molecule has 1 saturated heterocycles. The molecule has 3 rings (SSSR count). The summed E-state index contributed by atoms with van der Waals surface area (Å²) in [6.45, 7) is 2.28. The fraction of sp³-hybridized carbons (Fsp3) is 0.500. The average Bonchev–Trinajstić information content (AvgIpc) is 3.09. The molecular weight excluding hydrogens is 330 g/mol. The fourth-order valence-corrected chi connectivity index (χ4v) is 3.58. The van der Waals surface area contributed by atoms with Crippen molar-refractivity contribution in [2.75, 3.05) is 33.4 Å². The smallest absolute Gasteiger partial charge is 0.224 e. The van der Waals surface area contributed by atoms with Crippen LogP contribution in [-0.4, -0.2) is 55.0 Å². The Kier molecular flexibility index (Phi) is 6.28. The number of H-pyrrole nitrogens is 1. The third-order valence-electron chi connectivity index (χ3n) is 5.03. The van der Waals surface area contributed by atoms with Gasteiger partial charge in [0.2, 0.25) is 11.8 Å². The molecule has 0 spiro atoms. The van der Waals surface area contributed by atoms with E-state index in [4.69, 9.17) is 4.74 Å². The van der Waals surface area contributed by atoms with Gasteiger partial charge in [-0.2, -0.15) is 0 Å². The van der Waals surface area contributed by atoms with Crippen molar-refractivity contribution in [1.82, 2.24) is 15.2 Å². The van der Waals surface area contributed by atoms with E-state index in [9.17, 15) is 9.59 Å². The summed E-state index contributed by atoms with van der Waals surface area (Å²) in [6.07, 6.45) is 4.89. The molecule has 0 bridgehead atoms. The first-order valence-corrected chi connectivity index (χ1v) is 9.28. The highest BCUT2D eigenvalue weighted by Gasteiger charge is 2.28. The van der Waals surface area contributed by atoms with Gasteiger partial charge in [-0.1, -0.05) is 18.2 Å². The predicted molar refractivity (Wildman–Crippen MR) is 101 cm³/mol. The molecule has 6 heteroatoms. The van der Waals surface area contributed by atoms with Crippen LogP contribution in [0, 0.1) is 5.92 Å². The number of aromatic nitrogens is 1. The molecule has 26 heavy (non-hydrogen) atoms. The molecule has 2 heterocycles. The zero-order chi connectivity index (χ0) is 18.4. The molecule has 1 aliphatic rings. The standard InChI is InChI=1S/C20H27N3O3/c1-26-12-10-21-20(25)16-5-4-11-23(14-16)19(24)9-8-15-13-22-18-7-3-2-6-17(15)18/h2-3,6-7,13,16,22H,4-5,8-12,14H2,1H3,(H,21,25). The summed E-state index contributed by atoms with van der Waals surface area (Å²) in [4.78, 5) is 29.9. The Hall–Kier alpha value is -2.34. The lowest BCUT2D eigenvalue weighted by Gasteiger charge is -2.32. The molecule has 6 nitrogen and oxygen atoms in total. The van der Waals surface area contributed by atoms with E-state index in [-0.39, 0.29) is 17.7 Å². The number of benzene rings is 1. The molecule has 1 fully saturated rings. The van der Waals surface area contributed by atoms with Crippen molar-refractivity contribution in [3.05, 3.63) is 36.0 Å². The van der Waals surface area contributed by atoms with Crippen LogP contribution in [0.15, 0.2) is 30.5 Å². The van der Waals surface area contributed by atoms with Gasteiger partial charge < -0.3 is 19.9 Å². The van der Waals surface area contributed by atoms with E-state index >= 15 is 0 Å². The number of nitrogens with zero attached hydrogens (tertiary/aromatic N) is 1. The molecule has 0 aliphatic carbocycles. The van der Waals surface area contributed by atoms with Crippen molar-refractivity contribution in [2.24, 2.45) is 5.92 Å². The zero-order valence-corrected chi connectivity index (χ0v) is 15.3. The predicted octanol–water partition coefficient (Wildman–Crippen LogP) is 2.10. The first-order valence-electron chi connectivity index (χ1n) is 9.28. The first-order chi connectivity index (χ1) is 12.7. The van der Waals surface area contributed by atoms with Crippen LogP contribution in [0.25, 0.3) is 10.9 Å². The average molecular weight is 357 g/mol. The van der Waals surface area contributed by atoms with E-state index in [2.05, 4.69) is 16.4 Å². The third kappa shape index (κ3) is 4.43. The molecule has 1 aliphatic heterocycles. The van der Waals surface area contributed by atoms with Crippen LogP contribution in [0.3, 0.4) is 0 Å². The Balaban J connectivity index is 1.52. The van der Waals surface area contributed by atoms with Gasteiger partial charge in [0, 0.05) is 50.3 Å². The van der Waals surface area contributed by atoms with Gasteiger partial charge in [-0.05, 0) is 30.9 Å². The molecule has 0 radical (unpaired) electrons. The van der Waals surface area contributed by atoms with Crippen molar-refractivity contribution < 1.29 is 14.3 Å². The molecule has 1 aromatic carbocycles. The van der Waals surface area contributed by atoms with Crippen LogP contribution in [0.4, 0.5) is 0 Å². The molecule has 2 amide bonds. The van der Waals surface area contributed by atoms with Crippen LogP contribution in [0.5, 0.6) is 0 Å². The lowest BCUT2D eigenvalue weighted by molar-refractivity contribution is -0.135. The van der Waals surface area contributed by atoms with Crippen LogP contribution >= 0.6 is 0 Å². The minimum atomic E-state index is -0.113. The maximum absolute atomic E-state index is 12.6. The number of ether oxygens (including phenoxy) is 1. The number of hydrogen-bond acceptors (Lipinski definition) is 3. The van der Waals surface area contributed by atoms with Gasteiger partial charge in [-0.15, -0.1) is 0 Å². The second-order valence-corrected chi connectivity index (χ2v) is 6.82. The Bertz CT molecular complexity index is 756. The Labute approximate surface area is 153 Å². The normalized spacial score (nSPS) is 17.4. The fourth-order valence-electron chi connectivity index (χ4n) is 3.58. The van der Waals surface area contributed by atoms with Crippen molar-refractivity contribution in [3.8, 4) is 0 Å². The SMILES string of the molecule is COCCNC(=O)C1CCCN(C(=O)CCc2c[nH]c3ccccc23)C1. The molecule has 1 atom stereocenters. The Morgan fingerprint density at radius 2 is 2.19 bits per heavy atom. The van der Waals surface area contributed by atoms with E-state index in [0.29, 0.717) is 32.5 Å². The van der Waals surface area contributed by atoms with Crippen LogP contribution in [-0.2, 0) is 20.7 Å². The maximum atomic E-state index is 12.6. The molecule has 1 aromatic heterocycles. The minimum Gasteiger partial charge on any atom is -0.383 e. The van der Waals surface area contributed by atoms with Gasteiger partial charge in [-0.25, -0.2) is 0 Å². The minimum absolute atomic E-state index is 0.0242. The zero-order valence-electron chi connectivity index (χ0n) is 15.3. The summed E-state index contributed by atoms with van der Waals surface area (Å²) < 4.78 is 4.95. The lowest BCUT2D eigenvalue weighted by atomic mass is 9.96. The highest BCUT2D eigenvalue weighted by molar-refractivity contribution is 5.84. The highest BCUT2D eigenvalue weighted by Crippen LogP contribution is 2.21. The second kappa shape index (κ2) is 8.85. The quantitative estimate of drug-likeness (QED) is 0.745. The van der Waals surface area contributed by atoms with E-state index in [0.717, 1.165) is 24.9 Å². The summed E-state index contributed by atoms with van der Waals surface area (Å²) in [6, 6.07) is 8.13. The topological polar surface area (TPSA) is 74.4 Å². The largest absolute Gasteiger partial charge is 0.383 e. The Morgan fingerprint density at radius 3 is 3.04 bits per heavy atom. The number of likely N-dealkylation sites (tertiary alicyclic amines) is 1. The van der Waals surface area contributed by atoms with Crippen LogP contribution in [0.1, 0.15) is 24.8 Å². The summed E-state index contributed by atoms with van der Waals surface area (Å²) in [5.41, 5.74) is 2.26. The number of carbonyl (C=O) groups is 2. The van der Waals surface area contributed by atoms with Crippen molar-refractivity contribution in [2.45, 2.75) is 25.7 Å². The summed E-state index contributed by atoms with van der Waals surface area (Å²) in [7, 11) is 1.61. The number of nitrogens with one attached hydrogen (secondary N) is 2. The van der Waals surface area contributed by atoms with Gasteiger partial charge in [0.15, 0.2) is 0 Å². The van der Waals surface area contributed by atoms with Gasteiger partial charge in [-0.3, -0.25) is 9.59 Å².